The van der Waals surface area contributed by atoms with E-state index in [0.29, 0.717) is 17.0 Å². The Morgan fingerprint density at radius 2 is 2.04 bits per heavy atom. The number of aromatic nitrogens is 2. The van der Waals surface area contributed by atoms with Crippen LogP contribution in [0, 0.1) is 20.8 Å². The summed E-state index contributed by atoms with van der Waals surface area (Å²) in [6.07, 6.45) is 2.13. The van der Waals surface area contributed by atoms with Crippen molar-refractivity contribution in [1.82, 2.24) is 9.97 Å². The van der Waals surface area contributed by atoms with Gasteiger partial charge in [0.1, 0.15) is 16.4 Å². The Kier molecular flexibility index (Phi) is 6.55. The lowest BCUT2D eigenvalue weighted by molar-refractivity contribution is -0.115. The highest BCUT2D eigenvalue weighted by atomic mass is 32.2. The zero-order valence-corrected chi connectivity index (χ0v) is 16.5. The Morgan fingerprint density at radius 1 is 1.32 bits per heavy atom. The topological polar surface area (TPSA) is 81.2 Å². The lowest BCUT2D eigenvalue weighted by Crippen LogP contribution is -2.25. The minimum Gasteiger partial charge on any atom is -0.465 e. The van der Waals surface area contributed by atoms with Crippen LogP contribution in [0.15, 0.2) is 17.4 Å². The molecule has 8 heteroatoms. The second-order valence-electron chi connectivity index (χ2n) is 5.48. The summed E-state index contributed by atoms with van der Waals surface area (Å²) in [5.74, 6) is -0.598. The first kappa shape index (κ1) is 19.4. The molecule has 0 aliphatic rings. The molecule has 2 aromatic rings. The van der Waals surface area contributed by atoms with Gasteiger partial charge >= 0.3 is 5.97 Å². The van der Waals surface area contributed by atoms with Crippen LogP contribution in [0.1, 0.15) is 39.8 Å². The number of carbonyl (C=O) groups is 2. The number of hydrogen-bond donors (Lipinski definition) is 1. The van der Waals surface area contributed by atoms with E-state index >= 15 is 0 Å². The first-order valence-electron chi connectivity index (χ1n) is 7.81. The van der Waals surface area contributed by atoms with Gasteiger partial charge in [0, 0.05) is 10.6 Å². The highest BCUT2D eigenvalue weighted by Crippen LogP contribution is 2.34. The molecule has 1 atom stereocenters. The van der Waals surface area contributed by atoms with Gasteiger partial charge in [-0.05, 0) is 38.8 Å². The Morgan fingerprint density at radius 3 is 2.64 bits per heavy atom. The summed E-state index contributed by atoms with van der Waals surface area (Å²) in [6, 6.07) is 1.85. The van der Waals surface area contributed by atoms with Crippen molar-refractivity contribution in [3.8, 4) is 0 Å². The number of nitrogens with one attached hydrogen (secondary N) is 1. The molecule has 134 valence electrons. The van der Waals surface area contributed by atoms with Gasteiger partial charge in [-0.25, -0.2) is 14.8 Å². The summed E-state index contributed by atoms with van der Waals surface area (Å²) in [5.41, 5.74) is 2.11. The molecule has 0 spiro atoms. The van der Waals surface area contributed by atoms with Crippen molar-refractivity contribution in [2.75, 3.05) is 12.4 Å². The molecular formula is C17H21N3O3S2. The molecule has 25 heavy (non-hydrogen) atoms. The second-order valence-corrected chi connectivity index (χ2v) is 7.93. The monoisotopic (exact) mass is 379 g/mol. The third kappa shape index (κ3) is 4.58. The fourth-order valence-corrected chi connectivity index (χ4v) is 4.24. The molecule has 0 saturated carbocycles. The lowest BCUT2D eigenvalue weighted by atomic mass is 10.1. The van der Waals surface area contributed by atoms with Crippen molar-refractivity contribution in [1.29, 1.82) is 0 Å². The molecule has 1 unspecified atom stereocenters. The molecule has 0 aliphatic carbocycles. The third-order valence-corrected chi connectivity index (χ3v) is 6.14. The molecule has 0 bridgehead atoms. The fourth-order valence-electron chi connectivity index (χ4n) is 2.22. The van der Waals surface area contributed by atoms with E-state index in [9.17, 15) is 9.59 Å². The summed E-state index contributed by atoms with van der Waals surface area (Å²) in [5, 5.41) is 3.85. The smallest absolute Gasteiger partial charge is 0.341 e. The number of thioether (sulfide) groups is 1. The molecule has 0 saturated heterocycles. The number of nitrogens with zero attached hydrogens (tertiary/aromatic N) is 2. The van der Waals surface area contributed by atoms with Gasteiger partial charge in [0.25, 0.3) is 0 Å². The lowest BCUT2D eigenvalue weighted by Gasteiger charge is -2.14. The van der Waals surface area contributed by atoms with Crippen molar-refractivity contribution in [2.45, 2.75) is 44.4 Å². The Labute approximate surface area is 155 Å². The van der Waals surface area contributed by atoms with Crippen molar-refractivity contribution < 1.29 is 14.3 Å². The maximum atomic E-state index is 12.7. The van der Waals surface area contributed by atoms with E-state index in [1.807, 2.05) is 33.8 Å². The van der Waals surface area contributed by atoms with E-state index in [-0.39, 0.29) is 11.2 Å². The number of hydrogen-bond acceptors (Lipinski definition) is 7. The number of thiophene rings is 1. The van der Waals surface area contributed by atoms with E-state index in [4.69, 9.17) is 4.74 Å². The Hall–Kier alpha value is -1.93. The Balaban J connectivity index is 2.20. The summed E-state index contributed by atoms with van der Waals surface area (Å²) >= 11 is 2.77. The van der Waals surface area contributed by atoms with E-state index in [1.54, 1.807) is 0 Å². The van der Waals surface area contributed by atoms with Crippen molar-refractivity contribution in [2.24, 2.45) is 0 Å². The first-order valence-corrected chi connectivity index (χ1v) is 9.51. The number of esters is 1. The van der Waals surface area contributed by atoms with Gasteiger partial charge in [-0.2, -0.15) is 0 Å². The first-order chi connectivity index (χ1) is 11.9. The molecule has 2 rings (SSSR count). The zero-order valence-electron chi connectivity index (χ0n) is 14.9. The molecule has 0 radical (unpaired) electrons. The average molecular weight is 380 g/mol. The molecule has 0 aromatic carbocycles. The molecule has 0 aliphatic heterocycles. The zero-order chi connectivity index (χ0) is 18.6. The van der Waals surface area contributed by atoms with Crippen molar-refractivity contribution in [3.63, 3.8) is 0 Å². The van der Waals surface area contributed by atoms with Gasteiger partial charge < -0.3 is 10.1 Å². The van der Waals surface area contributed by atoms with Gasteiger partial charge in [0.2, 0.25) is 5.91 Å². The van der Waals surface area contributed by atoms with Gasteiger partial charge in [-0.1, -0.05) is 18.7 Å². The van der Waals surface area contributed by atoms with Gasteiger partial charge in [0.15, 0.2) is 0 Å². The number of aryl methyl sites for hydroxylation is 2. The van der Waals surface area contributed by atoms with Crippen LogP contribution in [0.5, 0.6) is 0 Å². The molecule has 2 heterocycles. The minimum atomic E-state index is -0.440. The minimum absolute atomic E-state index is 0.157. The highest BCUT2D eigenvalue weighted by Gasteiger charge is 2.25. The quantitative estimate of drug-likeness (QED) is 0.468. The number of carbonyl (C=O) groups excluding carboxylic acids is 2. The predicted octanol–water partition coefficient (Wildman–Crippen LogP) is 3.76. The summed E-state index contributed by atoms with van der Waals surface area (Å²) in [4.78, 5) is 34.0. The van der Waals surface area contributed by atoms with Crippen LogP contribution in [0.3, 0.4) is 0 Å². The number of ether oxygens (including phenoxy) is 1. The second kappa shape index (κ2) is 8.44. The van der Waals surface area contributed by atoms with Crippen LogP contribution in [0.2, 0.25) is 0 Å². The summed E-state index contributed by atoms with van der Waals surface area (Å²) < 4.78 is 4.84. The number of rotatable bonds is 6. The van der Waals surface area contributed by atoms with Gasteiger partial charge in [-0.3, -0.25) is 4.79 Å². The fraction of sp³-hybridized carbons (Fsp3) is 0.412. The normalized spacial score (nSPS) is 11.9. The van der Waals surface area contributed by atoms with Crippen LogP contribution in [-0.2, 0) is 9.53 Å². The predicted molar refractivity (Wildman–Crippen MR) is 100 cm³/mol. The number of amides is 1. The van der Waals surface area contributed by atoms with Crippen molar-refractivity contribution >= 4 is 40.0 Å². The molecule has 1 amide bonds. The maximum absolute atomic E-state index is 12.7. The van der Waals surface area contributed by atoms with Crippen LogP contribution in [-0.4, -0.2) is 34.2 Å². The molecule has 2 aromatic heterocycles. The van der Waals surface area contributed by atoms with Crippen LogP contribution < -0.4 is 5.32 Å². The molecule has 6 nitrogen and oxygen atoms in total. The maximum Gasteiger partial charge on any atom is 0.341 e. The van der Waals surface area contributed by atoms with Gasteiger partial charge in [0.05, 0.1) is 17.9 Å². The van der Waals surface area contributed by atoms with E-state index < -0.39 is 5.97 Å². The molecule has 0 fully saturated rings. The third-order valence-electron chi connectivity index (χ3n) is 3.72. The standard InChI is InChI=1S/C17H21N3O3S2/c1-6-12(25-13-7-9(2)18-8-19-13)15(21)20-16-14(17(22)23-5)10(3)11(4)24-16/h7-8,12H,6H2,1-5H3,(H,20,21). The summed E-state index contributed by atoms with van der Waals surface area (Å²) in [6.45, 7) is 7.59. The molecular weight excluding hydrogens is 358 g/mol. The van der Waals surface area contributed by atoms with E-state index in [0.717, 1.165) is 21.2 Å². The average Bonchev–Trinajstić information content (AvgIpc) is 2.86. The van der Waals surface area contributed by atoms with Crippen molar-refractivity contribution in [3.05, 3.63) is 34.1 Å². The summed E-state index contributed by atoms with van der Waals surface area (Å²) in [7, 11) is 1.34. The molecule has 1 N–H and O–H groups in total. The number of methoxy groups -OCH3 is 1. The van der Waals surface area contributed by atoms with Crippen LogP contribution >= 0.6 is 23.1 Å². The highest BCUT2D eigenvalue weighted by molar-refractivity contribution is 8.00. The SMILES string of the molecule is CCC(Sc1cc(C)ncn1)C(=O)Nc1sc(C)c(C)c1C(=O)OC. The van der Waals surface area contributed by atoms with E-state index in [1.165, 1.54) is 36.5 Å². The largest absolute Gasteiger partial charge is 0.465 e. The van der Waals surface area contributed by atoms with Gasteiger partial charge in [-0.15, -0.1) is 11.3 Å². The number of anilines is 1. The van der Waals surface area contributed by atoms with Crippen LogP contribution in [0.25, 0.3) is 0 Å². The van der Waals surface area contributed by atoms with E-state index in [2.05, 4.69) is 15.3 Å². The Bertz CT molecular complexity index is 789. The van der Waals surface area contributed by atoms with Crippen LogP contribution in [0.4, 0.5) is 5.00 Å².